The molecule has 0 saturated carbocycles. The van der Waals surface area contributed by atoms with Gasteiger partial charge in [0.2, 0.25) is 5.91 Å². The monoisotopic (exact) mass is 260 g/mol. The number of halogens is 3. The molecule has 7 heteroatoms. The summed E-state index contributed by atoms with van der Waals surface area (Å²) >= 11 is 5.39. The summed E-state index contributed by atoms with van der Waals surface area (Å²) < 4.78 is 26.6. The molecule has 1 N–H and O–H groups in total. The van der Waals surface area contributed by atoms with Gasteiger partial charge in [-0.3, -0.25) is 9.69 Å². The summed E-state index contributed by atoms with van der Waals surface area (Å²) in [4.78, 5) is 23.3. The summed E-state index contributed by atoms with van der Waals surface area (Å²) in [6, 6.07) is 1.79. The maximum absolute atomic E-state index is 13.4. The average Bonchev–Trinajstić information content (AvgIpc) is 2.61. The molecule has 1 aliphatic rings. The molecule has 1 aliphatic heterocycles. The van der Waals surface area contributed by atoms with E-state index in [1.165, 1.54) is 12.1 Å². The number of hydrogen-bond donors (Lipinski definition) is 1. The molecular weight excluding hydrogens is 254 g/mol. The van der Waals surface area contributed by atoms with Crippen molar-refractivity contribution in [3.8, 4) is 0 Å². The van der Waals surface area contributed by atoms with Gasteiger partial charge in [0.05, 0.1) is 18.1 Å². The van der Waals surface area contributed by atoms with Gasteiger partial charge in [-0.05, 0) is 6.07 Å². The van der Waals surface area contributed by atoms with E-state index in [9.17, 15) is 18.4 Å². The van der Waals surface area contributed by atoms with Crippen LogP contribution in [0.2, 0.25) is 5.02 Å². The lowest BCUT2D eigenvalue weighted by Crippen LogP contribution is -2.30. The molecule has 90 valence electrons. The van der Waals surface area contributed by atoms with E-state index in [-0.39, 0.29) is 23.7 Å². The molecule has 0 aromatic heterocycles. The number of carbonyl (C=O) groups excluding carboxylic acids is 2. The van der Waals surface area contributed by atoms with Gasteiger partial charge in [-0.15, -0.1) is 0 Å². The van der Waals surface area contributed by atoms with Crippen molar-refractivity contribution in [2.45, 2.75) is 6.54 Å². The fourth-order valence-electron chi connectivity index (χ4n) is 1.47. The van der Waals surface area contributed by atoms with Crippen LogP contribution in [-0.2, 0) is 11.3 Å². The van der Waals surface area contributed by atoms with Crippen molar-refractivity contribution in [1.29, 1.82) is 0 Å². The first kappa shape index (κ1) is 11.8. The van der Waals surface area contributed by atoms with Crippen molar-refractivity contribution in [2.75, 3.05) is 6.54 Å². The first-order valence-electron chi connectivity index (χ1n) is 4.71. The Labute approximate surface area is 100 Å². The number of nitrogens with zero attached hydrogens (tertiary/aromatic N) is 1. The molecule has 0 spiro atoms. The quantitative estimate of drug-likeness (QED) is 0.650. The highest BCUT2D eigenvalue weighted by Gasteiger charge is 2.29. The van der Waals surface area contributed by atoms with E-state index in [2.05, 4.69) is 5.32 Å². The van der Waals surface area contributed by atoms with Gasteiger partial charge >= 0.3 is 6.03 Å². The Kier molecular flexibility index (Phi) is 2.97. The lowest BCUT2D eigenvalue weighted by Gasteiger charge is -2.13. The van der Waals surface area contributed by atoms with Crippen LogP contribution in [0.1, 0.15) is 5.56 Å². The van der Waals surface area contributed by atoms with Gasteiger partial charge < -0.3 is 5.32 Å². The number of nitrogens with one attached hydrogen (secondary N) is 1. The second kappa shape index (κ2) is 4.29. The summed E-state index contributed by atoms with van der Waals surface area (Å²) in [5.41, 5.74) is -0.0997. The molecule has 1 aromatic carbocycles. The minimum Gasteiger partial charge on any atom is -0.329 e. The Morgan fingerprint density at radius 3 is 2.59 bits per heavy atom. The Bertz CT molecular complexity index is 491. The van der Waals surface area contributed by atoms with E-state index < -0.39 is 23.6 Å². The van der Waals surface area contributed by atoms with E-state index >= 15 is 0 Å². The molecule has 17 heavy (non-hydrogen) atoms. The van der Waals surface area contributed by atoms with Crippen LogP contribution >= 0.6 is 11.6 Å². The predicted octanol–water partition coefficient (Wildman–Crippen LogP) is 1.67. The Morgan fingerprint density at radius 1 is 1.29 bits per heavy atom. The van der Waals surface area contributed by atoms with Crippen molar-refractivity contribution in [1.82, 2.24) is 10.2 Å². The molecular formula is C10H7ClF2N2O2. The zero-order valence-corrected chi connectivity index (χ0v) is 9.22. The third kappa shape index (κ3) is 2.08. The molecule has 0 bridgehead atoms. The van der Waals surface area contributed by atoms with Gasteiger partial charge in [0.15, 0.2) is 11.6 Å². The van der Waals surface area contributed by atoms with E-state index in [1.807, 2.05) is 0 Å². The van der Waals surface area contributed by atoms with Crippen molar-refractivity contribution in [2.24, 2.45) is 0 Å². The summed E-state index contributed by atoms with van der Waals surface area (Å²) in [6.07, 6.45) is 0. The number of carbonyl (C=O) groups is 2. The highest BCUT2D eigenvalue weighted by molar-refractivity contribution is 6.30. The van der Waals surface area contributed by atoms with Crippen LogP contribution in [0.15, 0.2) is 12.1 Å². The molecule has 1 aromatic rings. The normalized spacial score (nSPS) is 15.4. The smallest absolute Gasteiger partial charge is 0.324 e. The van der Waals surface area contributed by atoms with Crippen LogP contribution in [-0.4, -0.2) is 23.4 Å². The molecule has 1 heterocycles. The second-order valence-corrected chi connectivity index (χ2v) is 3.88. The first-order valence-corrected chi connectivity index (χ1v) is 5.09. The lowest BCUT2D eigenvalue weighted by molar-refractivity contribution is -0.125. The number of benzene rings is 1. The molecule has 0 atom stereocenters. The summed E-state index contributed by atoms with van der Waals surface area (Å²) in [7, 11) is 0. The third-order valence-electron chi connectivity index (χ3n) is 2.38. The Morgan fingerprint density at radius 2 is 2.00 bits per heavy atom. The highest BCUT2D eigenvalue weighted by atomic mass is 35.5. The van der Waals surface area contributed by atoms with Gasteiger partial charge in [-0.25, -0.2) is 13.6 Å². The summed E-state index contributed by atoms with van der Waals surface area (Å²) in [6.45, 7) is -0.443. The van der Waals surface area contributed by atoms with Crippen LogP contribution in [0.3, 0.4) is 0 Å². The summed E-state index contributed by atoms with van der Waals surface area (Å²) in [5.74, 6) is -2.81. The fourth-order valence-corrected chi connectivity index (χ4v) is 1.62. The SMILES string of the molecule is O=C1CNC(=O)N1Cc1ccc(Cl)c(F)c1F. The standard InChI is InChI=1S/C10H7ClF2N2O2/c11-6-2-1-5(8(12)9(6)13)4-15-7(16)3-14-10(15)17/h1-2H,3-4H2,(H,14,17). The molecule has 2 rings (SSSR count). The largest absolute Gasteiger partial charge is 0.329 e. The molecule has 1 saturated heterocycles. The maximum Gasteiger partial charge on any atom is 0.324 e. The number of rotatable bonds is 2. The molecule has 0 aliphatic carbocycles. The minimum absolute atomic E-state index is 0.0997. The number of urea groups is 1. The Balaban J connectivity index is 2.28. The van der Waals surface area contributed by atoms with E-state index in [4.69, 9.17) is 11.6 Å². The van der Waals surface area contributed by atoms with Crippen LogP contribution in [0, 0.1) is 11.6 Å². The van der Waals surface area contributed by atoms with Crippen LogP contribution in [0.25, 0.3) is 0 Å². The Hall–Kier alpha value is -1.69. The van der Waals surface area contributed by atoms with Crippen LogP contribution in [0.4, 0.5) is 13.6 Å². The number of amides is 3. The number of hydrogen-bond acceptors (Lipinski definition) is 2. The molecule has 1 fully saturated rings. The van der Waals surface area contributed by atoms with Gasteiger partial charge in [0.1, 0.15) is 0 Å². The highest BCUT2D eigenvalue weighted by Crippen LogP contribution is 2.22. The summed E-state index contributed by atoms with van der Waals surface area (Å²) in [5, 5.41) is 1.94. The zero-order chi connectivity index (χ0) is 12.6. The van der Waals surface area contributed by atoms with Crippen LogP contribution in [0.5, 0.6) is 0 Å². The lowest BCUT2D eigenvalue weighted by atomic mass is 10.2. The maximum atomic E-state index is 13.4. The average molecular weight is 261 g/mol. The van der Waals surface area contributed by atoms with E-state index in [0.717, 1.165) is 4.90 Å². The topological polar surface area (TPSA) is 49.4 Å². The van der Waals surface area contributed by atoms with Gasteiger partial charge in [0.25, 0.3) is 0 Å². The van der Waals surface area contributed by atoms with Crippen LogP contribution < -0.4 is 5.32 Å². The molecule has 0 radical (unpaired) electrons. The molecule has 4 nitrogen and oxygen atoms in total. The second-order valence-electron chi connectivity index (χ2n) is 3.47. The van der Waals surface area contributed by atoms with E-state index in [1.54, 1.807) is 0 Å². The molecule has 3 amide bonds. The third-order valence-corrected chi connectivity index (χ3v) is 2.67. The number of imide groups is 1. The first-order chi connectivity index (χ1) is 8.00. The van der Waals surface area contributed by atoms with Crippen molar-refractivity contribution < 1.29 is 18.4 Å². The zero-order valence-electron chi connectivity index (χ0n) is 8.47. The van der Waals surface area contributed by atoms with Crippen molar-refractivity contribution in [3.05, 3.63) is 34.4 Å². The predicted molar refractivity (Wildman–Crippen MR) is 55.3 cm³/mol. The van der Waals surface area contributed by atoms with Gasteiger partial charge in [-0.1, -0.05) is 17.7 Å². The van der Waals surface area contributed by atoms with Gasteiger partial charge in [0, 0.05) is 5.56 Å². The van der Waals surface area contributed by atoms with E-state index in [0.29, 0.717) is 0 Å². The van der Waals surface area contributed by atoms with Gasteiger partial charge in [-0.2, -0.15) is 0 Å². The fraction of sp³-hybridized carbons (Fsp3) is 0.200. The minimum atomic E-state index is -1.18. The van der Waals surface area contributed by atoms with Crippen molar-refractivity contribution in [3.63, 3.8) is 0 Å². The van der Waals surface area contributed by atoms with Crippen molar-refractivity contribution >= 4 is 23.5 Å². The molecule has 0 unspecified atom stereocenters.